The number of methoxy groups -OCH3 is 1. The number of hydrogen-bond donors (Lipinski definition) is 3. The Hall–Kier alpha value is -2.83. The van der Waals surface area contributed by atoms with E-state index in [1.54, 1.807) is 24.3 Å². The lowest BCUT2D eigenvalue weighted by Crippen LogP contribution is -2.48. The topological polar surface area (TPSA) is 105 Å². The molecule has 0 saturated heterocycles. The minimum atomic E-state index is -0.978. The molecule has 0 unspecified atom stereocenters. The molecule has 2 aliphatic carbocycles. The first-order valence-corrected chi connectivity index (χ1v) is 7.66. The monoisotopic (exact) mass is 330 g/mol. The fourth-order valence-corrected chi connectivity index (χ4v) is 3.53. The quantitative estimate of drug-likeness (QED) is 0.564. The van der Waals surface area contributed by atoms with Crippen LogP contribution in [0.2, 0.25) is 0 Å². The van der Waals surface area contributed by atoms with Crippen LogP contribution in [0.1, 0.15) is 16.8 Å². The van der Waals surface area contributed by atoms with Crippen LogP contribution < -0.4 is 15.6 Å². The maximum atomic E-state index is 12.3. The number of rotatable bonds is 4. The van der Waals surface area contributed by atoms with Gasteiger partial charge in [0, 0.05) is 5.56 Å². The Labute approximate surface area is 138 Å². The lowest BCUT2D eigenvalue weighted by molar-refractivity contribution is -0.148. The predicted molar refractivity (Wildman–Crippen MR) is 84.0 cm³/mol. The molecule has 24 heavy (non-hydrogen) atoms. The third-order valence-corrected chi connectivity index (χ3v) is 4.70. The number of amides is 2. The van der Waals surface area contributed by atoms with Gasteiger partial charge in [0.15, 0.2) is 0 Å². The predicted octanol–water partition coefficient (Wildman–Crippen LogP) is 0.979. The molecule has 1 fully saturated rings. The molecule has 2 aliphatic rings. The van der Waals surface area contributed by atoms with Crippen LogP contribution in [0.15, 0.2) is 36.4 Å². The van der Waals surface area contributed by atoms with Crippen molar-refractivity contribution in [2.45, 2.75) is 6.42 Å². The molecular formula is C17H18N2O5. The van der Waals surface area contributed by atoms with Crippen molar-refractivity contribution in [2.75, 3.05) is 7.11 Å². The normalized spacial score (nSPS) is 26.9. The summed E-state index contributed by atoms with van der Waals surface area (Å²) in [6.07, 6.45) is 4.42. The zero-order valence-corrected chi connectivity index (χ0v) is 13.1. The number of allylic oxidation sites excluding steroid dienone is 2. The maximum Gasteiger partial charge on any atom is 0.307 e. The van der Waals surface area contributed by atoms with Gasteiger partial charge in [-0.05, 0) is 42.5 Å². The highest BCUT2D eigenvalue weighted by Crippen LogP contribution is 2.48. The van der Waals surface area contributed by atoms with Gasteiger partial charge >= 0.3 is 5.97 Å². The van der Waals surface area contributed by atoms with Crippen LogP contribution >= 0.6 is 0 Å². The summed E-state index contributed by atoms with van der Waals surface area (Å²) in [5, 5.41) is 9.35. The van der Waals surface area contributed by atoms with Gasteiger partial charge in [0.25, 0.3) is 5.91 Å². The molecule has 0 heterocycles. The molecule has 3 rings (SSSR count). The number of carbonyl (C=O) groups is 3. The number of aliphatic carboxylic acids is 1. The Morgan fingerprint density at radius 1 is 1.04 bits per heavy atom. The Morgan fingerprint density at radius 3 is 2.25 bits per heavy atom. The number of ether oxygens (including phenoxy) is 1. The average molecular weight is 330 g/mol. The third-order valence-electron chi connectivity index (χ3n) is 4.70. The lowest BCUT2D eigenvalue weighted by atomic mass is 9.82. The van der Waals surface area contributed by atoms with E-state index in [0.717, 1.165) is 0 Å². The standard InChI is InChI=1S/C17H18N2O5/c1-24-12-6-4-9(5-7-12)15(20)18-19-16(21)13-10-2-3-11(8-10)14(13)17(22)23/h2-7,10-11,13-14H,8H2,1H3,(H,18,20)(H,19,21)(H,22,23)/t10-,11+,13+,14+/m1/s1. The SMILES string of the molecule is COc1ccc(C(=O)NNC(=O)[C@@H]2[C@@H](C(=O)O)[C@H]3C=C[C@@H]2C3)cc1. The summed E-state index contributed by atoms with van der Waals surface area (Å²) >= 11 is 0. The minimum Gasteiger partial charge on any atom is -0.497 e. The smallest absolute Gasteiger partial charge is 0.307 e. The first-order chi connectivity index (χ1) is 11.5. The molecule has 7 nitrogen and oxygen atoms in total. The Morgan fingerprint density at radius 2 is 1.67 bits per heavy atom. The van der Waals surface area contributed by atoms with Crippen LogP contribution in [-0.2, 0) is 9.59 Å². The van der Waals surface area contributed by atoms with E-state index in [-0.39, 0.29) is 11.8 Å². The molecule has 1 aromatic carbocycles. The van der Waals surface area contributed by atoms with Gasteiger partial charge in [0.2, 0.25) is 5.91 Å². The van der Waals surface area contributed by atoms with E-state index in [1.807, 2.05) is 12.2 Å². The van der Waals surface area contributed by atoms with E-state index in [9.17, 15) is 19.5 Å². The number of hydrazine groups is 1. The highest BCUT2D eigenvalue weighted by molar-refractivity contribution is 5.96. The van der Waals surface area contributed by atoms with Gasteiger partial charge in [-0.25, -0.2) is 0 Å². The Balaban J connectivity index is 1.61. The van der Waals surface area contributed by atoms with Gasteiger partial charge in [-0.15, -0.1) is 0 Å². The van der Waals surface area contributed by atoms with E-state index >= 15 is 0 Å². The summed E-state index contributed by atoms with van der Waals surface area (Å²) in [6, 6.07) is 6.41. The van der Waals surface area contributed by atoms with Crippen molar-refractivity contribution < 1.29 is 24.2 Å². The zero-order chi connectivity index (χ0) is 17.3. The van der Waals surface area contributed by atoms with E-state index < -0.39 is 29.6 Å². The highest BCUT2D eigenvalue weighted by Gasteiger charge is 2.51. The Bertz CT molecular complexity index is 697. The van der Waals surface area contributed by atoms with Crippen molar-refractivity contribution in [3.63, 3.8) is 0 Å². The number of carbonyl (C=O) groups excluding carboxylic acids is 2. The van der Waals surface area contributed by atoms with Crippen LogP contribution in [0, 0.1) is 23.7 Å². The molecular weight excluding hydrogens is 312 g/mol. The zero-order valence-electron chi connectivity index (χ0n) is 13.1. The van der Waals surface area contributed by atoms with E-state index in [2.05, 4.69) is 10.9 Å². The van der Waals surface area contributed by atoms with Crippen LogP contribution in [0.5, 0.6) is 5.75 Å². The van der Waals surface area contributed by atoms with Crippen LogP contribution in [-0.4, -0.2) is 30.0 Å². The molecule has 4 atom stereocenters. The van der Waals surface area contributed by atoms with Crippen molar-refractivity contribution in [1.82, 2.24) is 10.9 Å². The molecule has 0 radical (unpaired) electrons. The van der Waals surface area contributed by atoms with Crippen molar-refractivity contribution in [3.05, 3.63) is 42.0 Å². The second-order valence-electron chi connectivity index (χ2n) is 6.01. The van der Waals surface area contributed by atoms with Gasteiger partial charge in [0.1, 0.15) is 5.75 Å². The second-order valence-corrected chi connectivity index (χ2v) is 6.01. The Kier molecular flexibility index (Phi) is 4.24. The summed E-state index contributed by atoms with van der Waals surface area (Å²) in [4.78, 5) is 35.8. The largest absolute Gasteiger partial charge is 0.497 e. The first kappa shape index (κ1) is 16.0. The number of carboxylic acid groups (broad SMARTS) is 1. The van der Waals surface area contributed by atoms with Gasteiger partial charge in [-0.2, -0.15) is 0 Å². The molecule has 1 saturated carbocycles. The van der Waals surface area contributed by atoms with Gasteiger partial charge in [0.05, 0.1) is 18.9 Å². The molecule has 3 N–H and O–H groups in total. The summed E-state index contributed by atoms with van der Waals surface area (Å²) in [7, 11) is 1.53. The molecule has 0 aliphatic heterocycles. The lowest BCUT2D eigenvalue weighted by Gasteiger charge is -2.23. The molecule has 2 amide bonds. The van der Waals surface area contributed by atoms with Gasteiger partial charge in [-0.3, -0.25) is 25.2 Å². The van der Waals surface area contributed by atoms with E-state index in [1.165, 1.54) is 7.11 Å². The van der Waals surface area contributed by atoms with E-state index in [0.29, 0.717) is 17.7 Å². The molecule has 0 spiro atoms. The van der Waals surface area contributed by atoms with E-state index in [4.69, 9.17) is 4.74 Å². The number of carboxylic acids is 1. The van der Waals surface area contributed by atoms with Gasteiger partial charge < -0.3 is 9.84 Å². The second kappa shape index (κ2) is 6.35. The average Bonchev–Trinajstić information content (AvgIpc) is 3.20. The maximum absolute atomic E-state index is 12.3. The third kappa shape index (κ3) is 2.84. The van der Waals surface area contributed by atoms with Crippen molar-refractivity contribution in [1.29, 1.82) is 0 Å². The number of benzene rings is 1. The number of fused-ring (bicyclic) bond motifs is 2. The minimum absolute atomic E-state index is 0.0889. The fourth-order valence-electron chi connectivity index (χ4n) is 3.53. The van der Waals surface area contributed by atoms with Gasteiger partial charge in [-0.1, -0.05) is 12.2 Å². The molecule has 7 heteroatoms. The first-order valence-electron chi connectivity index (χ1n) is 7.66. The molecule has 1 aromatic rings. The highest BCUT2D eigenvalue weighted by atomic mass is 16.5. The number of hydrogen-bond acceptors (Lipinski definition) is 4. The van der Waals surface area contributed by atoms with Crippen molar-refractivity contribution in [3.8, 4) is 5.75 Å². The summed E-state index contributed by atoms with van der Waals surface area (Å²) in [5.41, 5.74) is 5.05. The summed E-state index contributed by atoms with van der Waals surface area (Å²) < 4.78 is 5.01. The van der Waals surface area contributed by atoms with Crippen molar-refractivity contribution in [2.24, 2.45) is 23.7 Å². The fraction of sp³-hybridized carbons (Fsp3) is 0.353. The molecule has 0 aromatic heterocycles. The van der Waals surface area contributed by atoms with Crippen LogP contribution in [0.3, 0.4) is 0 Å². The molecule has 126 valence electrons. The van der Waals surface area contributed by atoms with Crippen LogP contribution in [0.25, 0.3) is 0 Å². The summed E-state index contributed by atoms with van der Waals surface area (Å²) in [6.45, 7) is 0. The van der Waals surface area contributed by atoms with Crippen LogP contribution in [0.4, 0.5) is 0 Å². The molecule has 2 bridgehead atoms. The summed E-state index contributed by atoms with van der Waals surface area (Å²) in [5.74, 6) is -2.90. The van der Waals surface area contributed by atoms with Crippen molar-refractivity contribution >= 4 is 17.8 Å². The number of nitrogens with one attached hydrogen (secondary N) is 2.